The summed E-state index contributed by atoms with van der Waals surface area (Å²) in [6, 6.07) is 8.31. The number of hydrogen-bond donors (Lipinski definition) is 6. The summed E-state index contributed by atoms with van der Waals surface area (Å²) in [4.78, 5) is 73.6. The zero-order valence-electron chi connectivity index (χ0n) is 26.4. The van der Waals surface area contributed by atoms with E-state index in [4.69, 9.17) is 4.74 Å². The summed E-state index contributed by atoms with van der Waals surface area (Å²) in [6.45, 7) is 4.07. The van der Waals surface area contributed by atoms with Gasteiger partial charge in [0.25, 0.3) is 17.7 Å². The van der Waals surface area contributed by atoms with Gasteiger partial charge < -0.3 is 35.7 Å². The number of phenolic OH excluding ortho intramolecular Hbond substituents is 1. The number of β-lactam (4-membered cyclic amide) rings is 1. The molecule has 1 saturated heterocycles. The van der Waals surface area contributed by atoms with Crippen molar-refractivity contribution >= 4 is 58.2 Å². The Bertz CT molecular complexity index is 2100. The van der Waals surface area contributed by atoms with Crippen LogP contribution in [0, 0.1) is 0 Å². The lowest BCUT2D eigenvalue weighted by atomic mass is 10.0. The van der Waals surface area contributed by atoms with Crippen molar-refractivity contribution < 1.29 is 39.2 Å². The lowest BCUT2D eigenvalue weighted by molar-refractivity contribution is -0.151. The topological polar surface area (TPSA) is 242 Å². The molecule has 6 rings (SSSR count). The quantitative estimate of drug-likeness (QED) is 0.0894. The number of nitrogens with one attached hydrogen (secondary N) is 3. The molecule has 0 radical (unpaired) electrons. The lowest BCUT2D eigenvalue weighted by Crippen LogP contribution is -2.71. The second kappa shape index (κ2) is 14.1. The third-order valence-corrected chi connectivity index (χ3v) is 10.3. The predicted octanol–water partition coefficient (Wildman–Crippen LogP) is 1.35. The van der Waals surface area contributed by atoms with Gasteiger partial charge in [0.15, 0.2) is 11.0 Å². The van der Waals surface area contributed by atoms with Crippen molar-refractivity contribution in [1.29, 1.82) is 0 Å². The van der Waals surface area contributed by atoms with Gasteiger partial charge in [0, 0.05) is 18.1 Å². The van der Waals surface area contributed by atoms with Crippen LogP contribution in [0.4, 0.5) is 0 Å². The molecule has 50 heavy (non-hydrogen) atoms. The highest BCUT2D eigenvalue weighted by Gasteiger charge is 2.54. The Labute approximate surface area is 291 Å². The van der Waals surface area contributed by atoms with Crippen LogP contribution in [0.25, 0.3) is 11.0 Å². The van der Waals surface area contributed by atoms with Crippen LogP contribution in [-0.4, -0.2) is 98.2 Å². The van der Waals surface area contributed by atoms with E-state index in [9.17, 15) is 39.3 Å². The third-order valence-electron chi connectivity index (χ3n) is 7.89. The van der Waals surface area contributed by atoms with Crippen molar-refractivity contribution in [1.82, 2.24) is 40.3 Å². The minimum absolute atomic E-state index is 0.0594. The Kier molecular flexibility index (Phi) is 9.69. The molecule has 6 N–H and O–H groups in total. The number of imidazole rings is 1. The molecule has 2 unspecified atom stereocenters. The summed E-state index contributed by atoms with van der Waals surface area (Å²) in [5.74, 6) is -3.69. The number of benzene rings is 2. The maximum Gasteiger partial charge on any atom is 0.352 e. The first-order valence-electron chi connectivity index (χ1n) is 15.2. The molecular formula is C31H30N8O9S2. The van der Waals surface area contributed by atoms with Crippen LogP contribution in [-0.2, 0) is 20.9 Å². The summed E-state index contributed by atoms with van der Waals surface area (Å²) < 4.78 is 6.80. The second-order valence-corrected chi connectivity index (χ2v) is 13.0. The van der Waals surface area contributed by atoms with Crippen molar-refractivity contribution in [2.75, 3.05) is 18.1 Å². The summed E-state index contributed by atoms with van der Waals surface area (Å²) in [5, 5.41) is 41.6. The number of fused-ring (bicyclic) bond motifs is 2. The Hall–Kier alpha value is -5.56. The number of carbonyl (C=O) groups is 4. The molecule has 0 aliphatic carbocycles. The van der Waals surface area contributed by atoms with Crippen LogP contribution in [0.2, 0.25) is 0 Å². The van der Waals surface area contributed by atoms with E-state index in [1.807, 2.05) is 6.92 Å². The number of aromatic amines is 1. The molecule has 0 bridgehead atoms. The zero-order chi connectivity index (χ0) is 35.7. The number of aromatic nitrogens is 5. The monoisotopic (exact) mass is 722 g/mol. The number of carboxylic acids is 1. The van der Waals surface area contributed by atoms with Crippen LogP contribution in [0.3, 0.4) is 0 Å². The van der Waals surface area contributed by atoms with Crippen LogP contribution in [0.1, 0.15) is 36.1 Å². The molecule has 17 nitrogen and oxygen atoms in total. The van der Waals surface area contributed by atoms with Gasteiger partial charge in [-0.3, -0.25) is 28.6 Å². The third kappa shape index (κ3) is 6.43. The number of rotatable bonds is 12. The number of ether oxygens (including phenoxy) is 1. The highest BCUT2D eigenvalue weighted by atomic mass is 32.2. The van der Waals surface area contributed by atoms with E-state index < -0.39 is 52.6 Å². The minimum Gasteiger partial charge on any atom is -0.508 e. The molecule has 1 fully saturated rings. The lowest BCUT2D eigenvalue weighted by Gasteiger charge is -2.49. The maximum atomic E-state index is 13.8. The molecule has 3 amide bonds. The largest absolute Gasteiger partial charge is 0.508 e. The highest BCUT2D eigenvalue weighted by molar-refractivity contribution is 8.01. The number of carbonyl (C=O) groups excluding carboxylic acids is 3. The molecule has 19 heteroatoms. The summed E-state index contributed by atoms with van der Waals surface area (Å²) in [6.07, 6.45) is 0. The normalized spacial score (nSPS) is 17.6. The number of thioether (sulfide) groups is 2. The molecule has 2 aromatic heterocycles. The summed E-state index contributed by atoms with van der Waals surface area (Å²) in [7, 11) is 0. The first-order valence-corrected chi connectivity index (χ1v) is 17.3. The minimum atomic E-state index is -1.35. The van der Waals surface area contributed by atoms with Gasteiger partial charge in [0.2, 0.25) is 5.91 Å². The van der Waals surface area contributed by atoms with Crippen molar-refractivity contribution in [3.63, 3.8) is 0 Å². The van der Waals surface area contributed by atoms with Crippen molar-refractivity contribution in [2.45, 2.75) is 43.0 Å². The van der Waals surface area contributed by atoms with E-state index >= 15 is 0 Å². The Morgan fingerprint density at radius 2 is 1.88 bits per heavy atom. The van der Waals surface area contributed by atoms with Gasteiger partial charge in [-0.25, -0.2) is 9.78 Å². The zero-order valence-corrected chi connectivity index (χ0v) is 28.1. The molecule has 2 aromatic carbocycles. The van der Waals surface area contributed by atoms with Gasteiger partial charge in [0.1, 0.15) is 40.2 Å². The molecule has 260 valence electrons. The van der Waals surface area contributed by atoms with Crippen molar-refractivity contribution in [3.8, 4) is 17.4 Å². The van der Waals surface area contributed by atoms with Crippen LogP contribution < -0.4 is 20.9 Å². The van der Waals surface area contributed by atoms with Crippen molar-refractivity contribution in [2.24, 2.45) is 0 Å². The average molecular weight is 723 g/mol. The number of phenols is 1. The number of H-pyrrole nitrogens is 1. The fraction of sp³-hybridized carbons (Fsp3) is 0.290. The Morgan fingerprint density at radius 1 is 1.12 bits per heavy atom. The fourth-order valence-corrected chi connectivity index (χ4v) is 8.00. The number of hydrogen-bond acceptors (Lipinski definition) is 13. The van der Waals surface area contributed by atoms with E-state index in [1.165, 1.54) is 40.6 Å². The molecule has 0 spiro atoms. The van der Waals surface area contributed by atoms with E-state index in [0.29, 0.717) is 34.5 Å². The molecule has 4 aromatic rings. The number of nitrogens with zero attached hydrogens (tertiary/aromatic N) is 5. The number of para-hydroxylation sites is 1. The van der Waals surface area contributed by atoms with Crippen molar-refractivity contribution in [3.05, 3.63) is 75.5 Å². The van der Waals surface area contributed by atoms with E-state index in [2.05, 4.69) is 30.8 Å². The van der Waals surface area contributed by atoms with Crippen LogP contribution in [0.5, 0.6) is 17.4 Å². The molecule has 2 aliphatic heterocycles. The second-order valence-electron chi connectivity index (χ2n) is 11.0. The van der Waals surface area contributed by atoms with Gasteiger partial charge in [0.05, 0.1) is 12.1 Å². The molecule has 0 saturated carbocycles. The Morgan fingerprint density at radius 3 is 2.58 bits per heavy atom. The smallest absolute Gasteiger partial charge is 0.352 e. The first kappa shape index (κ1) is 34.3. The van der Waals surface area contributed by atoms with E-state index in [1.54, 1.807) is 25.1 Å². The van der Waals surface area contributed by atoms with E-state index in [-0.39, 0.29) is 40.5 Å². The predicted molar refractivity (Wildman–Crippen MR) is 180 cm³/mol. The SMILES string of the molecule is CCOc1cccc2[nH]c(C(=O)NC(C(=O)NC3C(=O)N4C(C(=O)O)=C(CSc5nnc(O)c(=O)n5CC)CS[C@@H]34)c3ccc(O)cc3)nc12. The average Bonchev–Trinajstić information content (AvgIpc) is 3.55. The molecule has 2 aliphatic rings. The number of amides is 3. The fourth-order valence-electron chi connectivity index (χ4n) is 5.51. The standard InChI is InChI=1S/C31H30N8O9S2/c1-3-38-28(45)26(43)36-37-31(38)50-13-15-12-49-29-21(27(44)39(29)22(15)30(46)47)35-24(41)19(14-8-10-16(40)11-9-14)34-25(42)23-32-17-6-5-7-18(48-4-2)20(17)33-23/h5-11,19,21,29,40H,3-4,12-13H2,1-2H3,(H,32,33)(H,34,42)(H,35,41)(H,36,43)(H,46,47)/t19?,21?,29-/m0/s1. The van der Waals surface area contributed by atoms with Crippen LogP contribution in [0.15, 0.2) is 63.7 Å². The number of aliphatic carboxylic acids is 1. The van der Waals surface area contributed by atoms with E-state index in [0.717, 1.165) is 16.7 Å². The van der Waals surface area contributed by atoms with Gasteiger partial charge in [-0.1, -0.05) is 30.0 Å². The van der Waals surface area contributed by atoms with Gasteiger partial charge in [-0.05, 0) is 49.2 Å². The molecule has 3 atom stereocenters. The van der Waals surface area contributed by atoms with Gasteiger partial charge >= 0.3 is 11.5 Å². The maximum absolute atomic E-state index is 13.8. The summed E-state index contributed by atoms with van der Waals surface area (Å²) in [5.41, 5.74) is 0.676. The highest BCUT2D eigenvalue weighted by Crippen LogP contribution is 2.41. The Balaban J connectivity index is 1.20. The number of carboxylic acid groups (broad SMARTS) is 1. The number of aromatic hydroxyl groups is 2. The molecule has 4 heterocycles. The van der Waals surface area contributed by atoms with Gasteiger partial charge in [-0.15, -0.1) is 22.0 Å². The van der Waals surface area contributed by atoms with Gasteiger partial charge in [-0.2, -0.15) is 0 Å². The first-order chi connectivity index (χ1) is 24.0. The van der Waals surface area contributed by atoms with Crippen LogP contribution >= 0.6 is 23.5 Å². The summed E-state index contributed by atoms with van der Waals surface area (Å²) >= 11 is 2.27. The molecular weight excluding hydrogens is 693 g/mol.